The van der Waals surface area contributed by atoms with Crippen LogP contribution in [0.4, 0.5) is 15.3 Å². The van der Waals surface area contributed by atoms with Crippen molar-refractivity contribution in [2.45, 2.75) is 13.5 Å². The predicted molar refractivity (Wildman–Crippen MR) is 154 cm³/mol. The number of nitrogens with one attached hydrogen (secondary N) is 2. The van der Waals surface area contributed by atoms with Gasteiger partial charge in [-0.3, -0.25) is 14.5 Å². The summed E-state index contributed by atoms with van der Waals surface area (Å²) in [5.74, 6) is -0.338. The van der Waals surface area contributed by atoms with Crippen LogP contribution in [-0.2, 0) is 6.54 Å². The van der Waals surface area contributed by atoms with E-state index in [1.807, 2.05) is 29.6 Å². The summed E-state index contributed by atoms with van der Waals surface area (Å²) in [5.41, 5.74) is 5.76. The van der Waals surface area contributed by atoms with Gasteiger partial charge in [-0.2, -0.15) is 5.10 Å². The quantitative estimate of drug-likeness (QED) is 0.247. The summed E-state index contributed by atoms with van der Waals surface area (Å²) in [6, 6.07) is 15.1. The van der Waals surface area contributed by atoms with Gasteiger partial charge >= 0.3 is 0 Å². The molecule has 204 valence electrons. The number of rotatable bonds is 8. The zero-order chi connectivity index (χ0) is 27.9. The van der Waals surface area contributed by atoms with Gasteiger partial charge in [-0.05, 0) is 59.3 Å². The van der Waals surface area contributed by atoms with Crippen LogP contribution < -0.4 is 15.6 Å². The fraction of sp³-hybridized carbons (Fsp3) is 0.207. The van der Waals surface area contributed by atoms with E-state index in [4.69, 9.17) is 0 Å². The molecule has 1 aliphatic heterocycles. The average Bonchev–Trinajstić information content (AvgIpc) is 3.34. The summed E-state index contributed by atoms with van der Waals surface area (Å²) in [4.78, 5) is 39.2. The number of aromatic nitrogens is 2. The second kappa shape index (κ2) is 12.6. The number of halogens is 1. The van der Waals surface area contributed by atoms with Gasteiger partial charge in [-0.25, -0.2) is 19.8 Å². The minimum atomic E-state index is -0.443. The van der Waals surface area contributed by atoms with Crippen molar-refractivity contribution in [1.29, 1.82) is 0 Å². The molecule has 1 aliphatic rings. The molecule has 2 N–H and O–H groups in total. The van der Waals surface area contributed by atoms with Crippen LogP contribution in [0.25, 0.3) is 0 Å². The Morgan fingerprint density at radius 3 is 2.52 bits per heavy atom. The van der Waals surface area contributed by atoms with Crippen molar-refractivity contribution in [3.63, 3.8) is 0 Å². The third-order valence-corrected chi connectivity index (χ3v) is 7.49. The Morgan fingerprint density at radius 2 is 1.77 bits per heavy atom. The molecule has 3 heterocycles. The van der Waals surface area contributed by atoms with Crippen LogP contribution in [-0.4, -0.2) is 59.1 Å². The highest BCUT2D eigenvalue weighted by atomic mass is 32.1. The van der Waals surface area contributed by atoms with Gasteiger partial charge < -0.3 is 10.2 Å². The molecule has 0 radical (unpaired) electrons. The van der Waals surface area contributed by atoms with Gasteiger partial charge in [-0.1, -0.05) is 24.3 Å². The number of hydrazone groups is 1. The topological polar surface area (TPSA) is 103 Å². The molecule has 4 aromatic rings. The second-order valence-electron chi connectivity index (χ2n) is 9.34. The summed E-state index contributed by atoms with van der Waals surface area (Å²) in [6.45, 7) is 5.93. The summed E-state index contributed by atoms with van der Waals surface area (Å²) in [7, 11) is 0. The molecule has 0 unspecified atom stereocenters. The Morgan fingerprint density at radius 1 is 1.02 bits per heavy atom. The smallest absolute Gasteiger partial charge is 0.274 e. The second-order valence-corrected chi connectivity index (χ2v) is 10.2. The SMILES string of the molecule is Cc1csc(NC(=O)c2cccc(CN3CCN(c4ncccn4)CC3)c2)c1C(=O)NN=Cc1ccc(F)cc1. The molecule has 1 fully saturated rings. The highest BCUT2D eigenvalue weighted by Crippen LogP contribution is 2.28. The maximum Gasteiger partial charge on any atom is 0.274 e. The molecular weight excluding hydrogens is 529 g/mol. The van der Waals surface area contributed by atoms with Crippen molar-refractivity contribution in [2.75, 3.05) is 36.4 Å². The Bertz CT molecular complexity index is 1500. The molecule has 0 spiro atoms. The number of amides is 2. The number of carbonyl (C=O) groups excluding carboxylic acids is 2. The lowest BCUT2D eigenvalue weighted by Crippen LogP contribution is -2.46. The Balaban J connectivity index is 1.18. The molecule has 1 saturated heterocycles. The van der Waals surface area contributed by atoms with E-state index < -0.39 is 5.91 Å². The van der Waals surface area contributed by atoms with E-state index in [1.54, 1.807) is 37.5 Å². The number of nitrogens with zero attached hydrogens (tertiary/aromatic N) is 5. The van der Waals surface area contributed by atoms with Gasteiger partial charge in [0.25, 0.3) is 11.8 Å². The molecular formula is C29H28FN7O2S. The summed E-state index contributed by atoms with van der Waals surface area (Å²) in [6.07, 6.45) is 4.93. The Labute approximate surface area is 235 Å². The van der Waals surface area contributed by atoms with Crippen LogP contribution in [0.3, 0.4) is 0 Å². The summed E-state index contributed by atoms with van der Waals surface area (Å²) < 4.78 is 13.1. The first kappa shape index (κ1) is 27.1. The minimum Gasteiger partial charge on any atom is -0.338 e. The Hall–Kier alpha value is -4.48. The first-order valence-electron chi connectivity index (χ1n) is 12.8. The highest BCUT2D eigenvalue weighted by molar-refractivity contribution is 7.15. The van der Waals surface area contributed by atoms with Gasteiger partial charge in [0.1, 0.15) is 10.8 Å². The number of thiophene rings is 1. The number of aryl methyl sites for hydroxylation is 1. The van der Waals surface area contributed by atoms with E-state index in [1.165, 1.54) is 29.7 Å². The lowest BCUT2D eigenvalue weighted by Gasteiger charge is -2.34. The van der Waals surface area contributed by atoms with E-state index >= 15 is 0 Å². The van der Waals surface area contributed by atoms with Crippen LogP contribution >= 0.6 is 11.3 Å². The van der Waals surface area contributed by atoms with Gasteiger partial charge in [0.15, 0.2) is 0 Å². The van der Waals surface area contributed by atoms with Crippen molar-refractivity contribution >= 4 is 40.3 Å². The van der Waals surface area contributed by atoms with E-state index in [0.717, 1.165) is 49.8 Å². The first-order valence-corrected chi connectivity index (χ1v) is 13.7. The van der Waals surface area contributed by atoms with Crippen LogP contribution in [0.15, 0.2) is 77.5 Å². The summed E-state index contributed by atoms with van der Waals surface area (Å²) in [5, 5.41) is 9.11. The predicted octanol–water partition coefficient (Wildman–Crippen LogP) is 4.32. The first-order chi connectivity index (χ1) is 19.5. The van der Waals surface area contributed by atoms with Crippen LogP contribution in [0, 0.1) is 12.7 Å². The normalized spacial score (nSPS) is 13.9. The standard InChI is InChI=1S/C29H28FN7O2S/c1-20-19-40-28(25(20)27(39)35-33-17-21-6-8-24(30)9-7-21)34-26(38)23-5-2-4-22(16-23)18-36-12-14-37(15-13-36)29-31-10-3-11-32-29/h2-11,16-17,19H,12-15,18H2,1H3,(H,34,38)(H,35,39). The third-order valence-electron chi connectivity index (χ3n) is 6.48. The molecule has 9 nitrogen and oxygen atoms in total. The molecule has 0 atom stereocenters. The fourth-order valence-corrected chi connectivity index (χ4v) is 5.33. The van der Waals surface area contributed by atoms with Crippen LogP contribution in [0.2, 0.25) is 0 Å². The fourth-order valence-electron chi connectivity index (χ4n) is 4.39. The number of benzene rings is 2. The number of hydrogen-bond acceptors (Lipinski definition) is 8. The molecule has 2 amide bonds. The van der Waals surface area contributed by atoms with E-state index in [-0.39, 0.29) is 11.7 Å². The average molecular weight is 558 g/mol. The molecule has 5 rings (SSSR count). The maximum atomic E-state index is 13.1. The maximum absolute atomic E-state index is 13.1. The third kappa shape index (κ3) is 6.74. The zero-order valence-corrected chi connectivity index (χ0v) is 22.7. The lowest BCUT2D eigenvalue weighted by molar-refractivity contribution is 0.0956. The van der Waals surface area contributed by atoms with E-state index in [2.05, 4.69) is 35.6 Å². The molecule has 0 saturated carbocycles. The molecule has 2 aromatic carbocycles. The number of hydrogen-bond donors (Lipinski definition) is 2. The van der Waals surface area contributed by atoms with Gasteiger partial charge in [0.05, 0.1) is 11.8 Å². The van der Waals surface area contributed by atoms with Crippen LogP contribution in [0.1, 0.15) is 37.4 Å². The lowest BCUT2D eigenvalue weighted by atomic mass is 10.1. The minimum absolute atomic E-state index is 0.293. The molecule has 0 aliphatic carbocycles. The van der Waals surface area contributed by atoms with Crippen molar-refractivity contribution in [3.05, 3.63) is 106 Å². The van der Waals surface area contributed by atoms with Crippen molar-refractivity contribution in [2.24, 2.45) is 5.10 Å². The molecule has 40 heavy (non-hydrogen) atoms. The van der Waals surface area contributed by atoms with Crippen molar-refractivity contribution < 1.29 is 14.0 Å². The van der Waals surface area contributed by atoms with E-state index in [9.17, 15) is 14.0 Å². The summed E-state index contributed by atoms with van der Waals surface area (Å²) >= 11 is 1.28. The largest absolute Gasteiger partial charge is 0.338 e. The molecule has 11 heteroatoms. The number of carbonyl (C=O) groups is 2. The van der Waals surface area contributed by atoms with E-state index in [0.29, 0.717) is 21.7 Å². The Kier molecular flexibility index (Phi) is 8.53. The molecule has 0 bridgehead atoms. The van der Waals surface area contributed by atoms with Crippen LogP contribution in [0.5, 0.6) is 0 Å². The highest BCUT2D eigenvalue weighted by Gasteiger charge is 2.21. The zero-order valence-electron chi connectivity index (χ0n) is 21.9. The number of piperazine rings is 1. The molecule has 2 aromatic heterocycles. The monoisotopic (exact) mass is 557 g/mol. The van der Waals surface area contributed by atoms with Crippen molar-refractivity contribution in [3.8, 4) is 0 Å². The van der Waals surface area contributed by atoms with Gasteiger partial charge in [-0.15, -0.1) is 11.3 Å². The van der Waals surface area contributed by atoms with Gasteiger partial charge in [0, 0.05) is 50.7 Å². The van der Waals surface area contributed by atoms with Gasteiger partial charge in [0.2, 0.25) is 5.95 Å². The number of anilines is 2. The van der Waals surface area contributed by atoms with Crippen molar-refractivity contribution in [1.82, 2.24) is 20.3 Å².